The van der Waals surface area contributed by atoms with E-state index < -0.39 is 11.6 Å². The van der Waals surface area contributed by atoms with Crippen LogP contribution in [0.4, 0.5) is 20.2 Å². The monoisotopic (exact) mass is 418 g/mol. The lowest BCUT2D eigenvalue weighted by molar-refractivity contribution is -0.114. The predicted molar refractivity (Wildman–Crippen MR) is 85.3 cm³/mol. The molecule has 3 nitrogen and oxygen atoms in total. The largest absolute Gasteiger partial charge is 0.373 e. The molecule has 1 amide bonds. The van der Waals surface area contributed by atoms with Gasteiger partial charge in [0.2, 0.25) is 5.91 Å². The van der Waals surface area contributed by atoms with Gasteiger partial charge in [-0.3, -0.25) is 4.79 Å². The number of amides is 1. The lowest BCUT2D eigenvalue weighted by atomic mass is 10.3. The van der Waals surface area contributed by atoms with E-state index in [9.17, 15) is 13.6 Å². The predicted octanol–water partition coefficient (Wildman–Crippen LogP) is 4.54. The van der Waals surface area contributed by atoms with Gasteiger partial charge in [0.1, 0.15) is 11.6 Å². The van der Waals surface area contributed by atoms with E-state index >= 15 is 0 Å². The Bertz CT molecular complexity index is 657. The second kappa shape index (κ2) is 7.00. The van der Waals surface area contributed by atoms with Crippen molar-refractivity contribution in [2.24, 2.45) is 0 Å². The van der Waals surface area contributed by atoms with E-state index in [2.05, 4.69) is 42.5 Å². The molecule has 2 rings (SSSR count). The lowest BCUT2D eigenvalue weighted by Gasteiger charge is -2.10. The topological polar surface area (TPSA) is 41.1 Å². The summed E-state index contributed by atoms with van der Waals surface area (Å²) in [5, 5.41) is 5.29. The summed E-state index contributed by atoms with van der Waals surface area (Å²) < 4.78 is 27.6. The van der Waals surface area contributed by atoms with Gasteiger partial charge in [-0.15, -0.1) is 0 Å². The van der Waals surface area contributed by atoms with Gasteiger partial charge in [0.25, 0.3) is 0 Å². The average molecular weight is 420 g/mol. The Morgan fingerprint density at radius 2 is 1.90 bits per heavy atom. The molecule has 0 atom stereocenters. The molecule has 21 heavy (non-hydrogen) atoms. The van der Waals surface area contributed by atoms with Crippen LogP contribution >= 0.6 is 31.9 Å². The van der Waals surface area contributed by atoms with Crippen LogP contribution in [0.2, 0.25) is 0 Å². The zero-order valence-electron chi connectivity index (χ0n) is 10.6. The third-order valence-corrected chi connectivity index (χ3v) is 3.66. The van der Waals surface area contributed by atoms with Gasteiger partial charge in [0.05, 0.1) is 12.2 Å². The summed E-state index contributed by atoms with van der Waals surface area (Å²) >= 11 is 6.34. The number of hydrogen-bond donors (Lipinski definition) is 2. The molecule has 2 N–H and O–H groups in total. The Morgan fingerprint density at radius 1 is 1.14 bits per heavy atom. The number of benzene rings is 2. The minimum atomic E-state index is -0.767. The second-order valence-corrected chi connectivity index (χ2v) is 5.93. The highest BCUT2D eigenvalue weighted by molar-refractivity contribution is 9.10. The summed E-state index contributed by atoms with van der Waals surface area (Å²) in [7, 11) is 0. The van der Waals surface area contributed by atoms with Gasteiger partial charge in [-0.05, 0) is 40.2 Å². The minimum Gasteiger partial charge on any atom is -0.373 e. The quantitative estimate of drug-likeness (QED) is 0.763. The summed E-state index contributed by atoms with van der Waals surface area (Å²) in [5.74, 6) is -1.80. The van der Waals surface area contributed by atoms with Gasteiger partial charge in [-0.25, -0.2) is 8.78 Å². The maximum atomic E-state index is 13.6. The van der Waals surface area contributed by atoms with Gasteiger partial charge >= 0.3 is 0 Å². The number of hydrogen-bond acceptors (Lipinski definition) is 2. The van der Waals surface area contributed by atoms with Crippen LogP contribution in [-0.4, -0.2) is 12.5 Å². The van der Waals surface area contributed by atoms with Crippen LogP contribution in [0.15, 0.2) is 45.3 Å². The molecule has 0 fully saturated rings. The third-order valence-electron chi connectivity index (χ3n) is 2.54. The van der Waals surface area contributed by atoms with Gasteiger partial charge in [-0.1, -0.05) is 22.0 Å². The summed E-state index contributed by atoms with van der Waals surface area (Å²) in [5.41, 5.74) is 0.663. The standard InChI is InChI=1S/C14H10Br2F2N2O/c15-8-2-1-3-10(4-8)20-13(21)7-19-14-11(16)5-9(17)6-12(14)18/h1-6,19H,7H2,(H,20,21). The van der Waals surface area contributed by atoms with Crippen molar-refractivity contribution >= 4 is 49.1 Å². The van der Waals surface area contributed by atoms with E-state index in [0.29, 0.717) is 5.69 Å². The number of anilines is 2. The number of halogens is 4. The van der Waals surface area contributed by atoms with E-state index in [-0.39, 0.29) is 22.6 Å². The van der Waals surface area contributed by atoms with E-state index in [1.54, 1.807) is 18.2 Å². The van der Waals surface area contributed by atoms with E-state index in [1.165, 1.54) is 0 Å². The smallest absolute Gasteiger partial charge is 0.243 e. The lowest BCUT2D eigenvalue weighted by Crippen LogP contribution is -2.22. The first-order valence-corrected chi connectivity index (χ1v) is 7.48. The molecule has 0 spiro atoms. The van der Waals surface area contributed by atoms with E-state index in [0.717, 1.165) is 16.6 Å². The van der Waals surface area contributed by atoms with Crippen molar-refractivity contribution in [1.29, 1.82) is 0 Å². The molecular formula is C14H10Br2F2N2O. The first kappa shape index (κ1) is 15.9. The molecule has 7 heteroatoms. The average Bonchev–Trinajstić information content (AvgIpc) is 2.37. The van der Waals surface area contributed by atoms with Crippen molar-refractivity contribution < 1.29 is 13.6 Å². The molecule has 0 aliphatic rings. The van der Waals surface area contributed by atoms with Crippen LogP contribution in [-0.2, 0) is 4.79 Å². The summed E-state index contributed by atoms with van der Waals surface area (Å²) in [6, 6.07) is 8.96. The molecule has 0 aromatic heterocycles. The van der Waals surface area contributed by atoms with Crippen molar-refractivity contribution in [3.8, 4) is 0 Å². The molecule has 0 unspecified atom stereocenters. The molecule has 0 bridgehead atoms. The molecule has 0 aliphatic heterocycles. The third kappa shape index (κ3) is 4.50. The van der Waals surface area contributed by atoms with E-state index in [4.69, 9.17) is 0 Å². The van der Waals surface area contributed by atoms with Crippen LogP contribution in [0.1, 0.15) is 0 Å². The second-order valence-electron chi connectivity index (χ2n) is 4.16. The molecule has 0 saturated heterocycles. The van der Waals surface area contributed by atoms with E-state index in [1.807, 2.05) is 6.07 Å². The molecule has 2 aromatic carbocycles. The molecule has 110 valence electrons. The van der Waals surface area contributed by atoms with Crippen LogP contribution in [0.3, 0.4) is 0 Å². The molecule has 0 radical (unpaired) electrons. The minimum absolute atomic E-state index is 0.0424. The fourth-order valence-corrected chi connectivity index (χ4v) is 2.60. The summed E-state index contributed by atoms with van der Waals surface area (Å²) in [6.45, 7) is -0.145. The van der Waals surface area contributed by atoms with Crippen LogP contribution in [0, 0.1) is 11.6 Å². The molecule has 0 heterocycles. The molecule has 0 aliphatic carbocycles. The Labute approximate surface area is 137 Å². The van der Waals surface area contributed by atoms with Crippen molar-refractivity contribution in [1.82, 2.24) is 0 Å². The first-order valence-electron chi connectivity index (χ1n) is 5.89. The number of carbonyl (C=O) groups is 1. The van der Waals surface area contributed by atoms with Crippen LogP contribution in [0.25, 0.3) is 0 Å². The number of nitrogens with one attached hydrogen (secondary N) is 2. The van der Waals surface area contributed by atoms with Gasteiger partial charge < -0.3 is 10.6 Å². The normalized spacial score (nSPS) is 10.3. The van der Waals surface area contributed by atoms with Crippen molar-refractivity contribution in [3.05, 3.63) is 57.0 Å². The van der Waals surface area contributed by atoms with Crippen molar-refractivity contribution in [2.45, 2.75) is 0 Å². The highest BCUT2D eigenvalue weighted by Gasteiger charge is 2.11. The summed E-state index contributed by atoms with van der Waals surface area (Å²) in [4.78, 5) is 11.8. The van der Waals surface area contributed by atoms with Crippen molar-refractivity contribution in [2.75, 3.05) is 17.2 Å². The highest BCUT2D eigenvalue weighted by Crippen LogP contribution is 2.26. The van der Waals surface area contributed by atoms with Crippen LogP contribution in [0.5, 0.6) is 0 Å². The Balaban J connectivity index is 1.99. The molecular weight excluding hydrogens is 410 g/mol. The fraction of sp³-hybridized carbons (Fsp3) is 0.0714. The van der Waals surface area contributed by atoms with Gasteiger partial charge in [-0.2, -0.15) is 0 Å². The summed E-state index contributed by atoms with van der Waals surface area (Å²) in [6.07, 6.45) is 0. The Kier molecular flexibility index (Phi) is 5.30. The van der Waals surface area contributed by atoms with Crippen LogP contribution < -0.4 is 10.6 Å². The highest BCUT2D eigenvalue weighted by atomic mass is 79.9. The first-order chi connectivity index (χ1) is 9.95. The zero-order chi connectivity index (χ0) is 15.4. The maximum Gasteiger partial charge on any atom is 0.243 e. The van der Waals surface area contributed by atoms with Gasteiger partial charge in [0.15, 0.2) is 0 Å². The zero-order valence-corrected chi connectivity index (χ0v) is 13.8. The SMILES string of the molecule is O=C(CNc1c(F)cc(F)cc1Br)Nc1cccc(Br)c1. The van der Waals surface area contributed by atoms with Gasteiger partial charge in [0, 0.05) is 20.7 Å². The molecule has 0 saturated carbocycles. The maximum absolute atomic E-state index is 13.6. The Hall–Kier alpha value is -1.47. The molecule has 2 aromatic rings. The Morgan fingerprint density at radius 3 is 2.57 bits per heavy atom. The number of carbonyl (C=O) groups excluding carboxylic acids is 1. The van der Waals surface area contributed by atoms with Crippen molar-refractivity contribution in [3.63, 3.8) is 0 Å². The number of rotatable bonds is 4. The fourth-order valence-electron chi connectivity index (χ4n) is 1.65.